The largest absolute Gasteiger partial charge is 0.416 e. The molecule has 1 saturated carbocycles. The lowest BCUT2D eigenvalue weighted by atomic mass is 10.0. The van der Waals surface area contributed by atoms with Gasteiger partial charge in [-0.3, -0.25) is 0 Å². The summed E-state index contributed by atoms with van der Waals surface area (Å²) >= 11 is 3.06. The topological polar surface area (TPSA) is 0 Å². The lowest BCUT2D eigenvalue weighted by molar-refractivity contribution is -0.138. The summed E-state index contributed by atoms with van der Waals surface area (Å²) in [5.74, 6) is 0.125. The molecular formula is C10H8BrF3. The van der Waals surface area contributed by atoms with Gasteiger partial charge in [-0.05, 0) is 36.5 Å². The van der Waals surface area contributed by atoms with E-state index in [1.807, 2.05) is 0 Å². The van der Waals surface area contributed by atoms with Gasteiger partial charge in [0.1, 0.15) is 0 Å². The van der Waals surface area contributed by atoms with Crippen molar-refractivity contribution in [3.63, 3.8) is 0 Å². The molecule has 0 saturated heterocycles. The highest BCUT2D eigenvalue weighted by atomic mass is 79.9. The number of rotatable bonds is 1. The zero-order valence-electron chi connectivity index (χ0n) is 7.24. The van der Waals surface area contributed by atoms with E-state index in [0.717, 1.165) is 18.9 Å². The van der Waals surface area contributed by atoms with Crippen LogP contribution in [-0.2, 0) is 6.18 Å². The molecular weight excluding hydrogens is 257 g/mol. The van der Waals surface area contributed by atoms with Gasteiger partial charge in [0.15, 0.2) is 0 Å². The van der Waals surface area contributed by atoms with Gasteiger partial charge >= 0.3 is 6.18 Å². The van der Waals surface area contributed by atoms with E-state index in [9.17, 15) is 13.2 Å². The van der Waals surface area contributed by atoms with Crippen LogP contribution in [0.25, 0.3) is 0 Å². The molecule has 1 aliphatic rings. The SMILES string of the molecule is FC(F)(F)c1cc(Br)ccc1C1CC1. The van der Waals surface area contributed by atoms with Crippen LogP contribution in [0, 0.1) is 0 Å². The van der Waals surface area contributed by atoms with Crippen LogP contribution in [-0.4, -0.2) is 0 Å². The first-order chi connectivity index (χ1) is 6.48. The van der Waals surface area contributed by atoms with Crippen molar-refractivity contribution in [3.05, 3.63) is 33.8 Å². The standard InChI is InChI=1S/C10H8BrF3/c11-7-3-4-8(6-1-2-6)9(5-7)10(12,13)14/h3-6H,1-2H2. The fraction of sp³-hybridized carbons (Fsp3) is 0.400. The third-order valence-corrected chi connectivity index (χ3v) is 2.83. The van der Waals surface area contributed by atoms with Gasteiger partial charge in [0.05, 0.1) is 5.56 Å². The molecule has 4 heteroatoms. The summed E-state index contributed by atoms with van der Waals surface area (Å²) in [6.45, 7) is 0. The second-order valence-corrected chi connectivity index (χ2v) is 4.42. The van der Waals surface area contributed by atoms with Crippen molar-refractivity contribution >= 4 is 15.9 Å². The van der Waals surface area contributed by atoms with Crippen molar-refractivity contribution < 1.29 is 13.2 Å². The van der Waals surface area contributed by atoms with Crippen LogP contribution < -0.4 is 0 Å². The Balaban J connectivity index is 2.48. The van der Waals surface area contributed by atoms with Crippen LogP contribution in [0.4, 0.5) is 13.2 Å². The zero-order valence-corrected chi connectivity index (χ0v) is 8.82. The Kier molecular flexibility index (Phi) is 2.33. The molecule has 1 fully saturated rings. The lowest BCUT2D eigenvalue weighted by Gasteiger charge is -2.12. The van der Waals surface area contributed by atoms with Gasteiger partial charge in [-0.1, -0.05) is 22.0 Å². The fourth-order valence-corrected chi connectivity index (χ4v) is 1.89. The summed E-state index contributed by atoms with van der Waals surface area (Å²) in [5.41, 5.74) is -0.0462. The van der Waals surface area contributed by atoms with Gasteiger partial charge in [0, 0.05) is 4.47 Å². The summed E-state index contributed by atoms with van der Waals surface area (Å²) in [4.78, 5) is 0. The maximum absolute atomic E-state index is 12.6. The molecule has 0 radical (unpaired) electrons. The van der Waals surface area contributed by atoms with Crippen LogP contribution >= 0.6 is 15.9 Å². The normalized spacial score (nSPS) is 17.1. The van der Waals surface area contributed by atoms with Crippen molar-refractivity contribution in [1.82, 2.24) is 0 Å². The third kappa shape index (κ3) is 1.95. The van der Waals surface area contributed by atoms with Gasteiger partial charge in [0.2, 0.25) is 0 Å². The zero-order chi connectivity index (χ0) is 10.3. The fourth-order valence-electron chi connectivity index (χ4n) is 1.52. The molecule has 0 aromatic heterocycles. The Morgan fingerprint density at radius 3 is 2.36 bits per heavy atom. The first-order valence-electron chi connectivity index (χ1n) is 4.35. The average Bonchev–Trinajstić information content (AvgIpc) is 2.85. The van der Waals surface area contributed by atoms with Gasteiger partial charge < -0.3 is 0 Å². The Hall–Kier alpha value is -0.510. The van der Waals surface area contributed by atoms with Crippen molar-refractivity contribution in [3.8, 4) is 0 Å². The highest BCUT2D eigenvalue weighted by molar-refractivity contribution is 9.10. The predicted molar refractivity (Wildman–Crippen MR) is 51.1 cm³/mol. The quantitative estimate of drug-likeness (QED) is 0.708. The summed E-state index contributed by atoms with van der Waals surface area (Å²) in [6, 6.07) is 4.40. The van der Waals surface area contributed by atoms with E-state index in [4.69, 9.17) is 0 Å². The first-order valence-corrected chi connectivity index (χ1v) is 5.14. The first kappa shape index (κ1) is 10.0. The molecule has 1 aromatic rings. The molecule has 0 unspecified atom stereocenters. The van der Waals surface area contributed by atoms with Gasteiger partial charge in [0.25, 0.3) is 0 Å². The van der Waals surface area contributed by atoms with Crippen LogP contribution in [0.3, 0.4) is 0 Å². The van der Waals surface area contributed by atoms with Gasteiger partial charge in [-0.2, -0.15) is 13.2 Å². The summed E-state index contributed by atoms with van der Waals surface area (Å²) in [6.07, 6.45) is -2.48. The highest BCUT2D eigenvalue weighted by Crippen LogP contribution is 2.46. The van der Waals surface area contributed by atoms with Gasteiger partial charge in [-0.25, -0.2) is 0 Å². The Morgan fingerprint density at radius 1 is 1.21 bits per heavy atom. The number of hydrogen-bond acceptors (Lipinski definition) is 0. The minimum Gasteiger partial charge on any atom is -0.166 e. The van der Waals surface area contributed by atoms with Crippen molar-refractivity contribution in [1.29, 1.82) is 0 Å². The summed E-state index contributed by atoms with van der Waals surface area (Å²) < 4.78 is 38.3. The maximum Gasteiger partial charge on any atom is 0.416 e. The number of alkyl halides is 3. The van der Waals surface area contributed by atoms with Crippen LogP contribution in [0.15, 0.2) is 22.7 Å². The van der Waals surface area contributed by atoms with Crippen LogP contribution in [0.2, 0.25) is 0 Å². The monoisotopic (exact) mass is 264 g/mol. The molecule has 76 valence electrons. The molecule has 0 bridgehead atoms. The number of halogens is 4. The molecule has 1 aromatic carbocycles. The smallest absolute Gasteiger partial charge is 0.166 e. The van der Waals surface area contributed by atoms with E-state index in [2.05, 4.69) is 15.9 Å². The highest BCUT2D eigenvalue weighted by Gasteiger charge is 2.38. The molecule has 0 aliphatic heterocycles. The molecule has 0 nitrogen and oxygen atoms in total. The maximum atomic E-state index is 12.6. The summed E-state index contributed by atoms with van der Waals surface area (Å²) in [5, 5.41) is 0. The van der Waals surface area contributed by atoms with Crippen molar-refractivity contribution in [2.45, 2.75) is 24.9 Å². The van der Waals surface area contributed by atoms with E-state index in [0.29, 0.717) is 10.0 Å². The molecule has 14 heavy (non-hydrogen) atoms. The minimum absolute atomic E-state index is 0.125. The van der Waals surface area contributed by atoms with Crippen LogP contribution in [0.1, 0.15) is 29.9 Å². The molecule has 0 heterocycles. The van der Waals surface area contributed by atoms with E-state index in [1.165, 1.54) is 0 Å². The molecule has 0 atom stereocenters. The Morgan fingerprint density at radius 2 is 1.86 bits per heavy atom. The third-order valence-electron chi connectivity index (χ3n) is 2.34. The van der Waals surface area contributed by atoms with E-state index >= 15 is 0 Å². The second-order valence-electron chi connectivity index (χ2n) is 3.50. The molecule has 1 aliphatic carbocycles. The van der Waals surface area contributed by atoms with Gasteiger partial charge in [-0.15, -0.1) is 0 Å². The molecule has 0 amide bonds. The average molecular weight is 265 g/mol. The predicted octanol–water partition coefficient (Wildman–Crippen LogP) is 4.35. The van der Waals surface area contributed by atoms with Crippen molar-refractivity contribution in [2.75, 3.05) is 0 Å². The minimum atomic E-state index is -4.23. The van der Waals surface area contributed by atoms with E-state index in [-0.39, 0.29) is 5.92 Å². The summed E-state index contributed by atoms with van der Waals surface area (Å²) in [7, 11) is 0. The van der Waals surface area contributed by atoms with Crippen molar-refractivity contribution in [2.24, 2.45) is 0 Å². The molecule has 0 N–H and O–H groups in total. The molecule has 2 rings (SSSR count). The number of benzene rings is 1. The second kappa shape index (κ2) is 3.26. The Labute approximate surface area is 88.2 Å². The van der Waals surface area contributed by atoms with E-state index < -0.39 is 11.7 Å². The van der Waals surface area contributed by atoms with Crippen LogP contribution in [0.5, 0.6) is 0 Å². The van der Waals surface area contributed by atoms with E-state index in [1.54, 1.807) is 12.1 Å². The number of hydrogen-bond donors (Lipinski definition) is 0. The Bertz CT molecular complexity index is 353. The lowest BCUT2D eigenvalue weighted by Crippen LogP contribution is -2.08. The molecule has 0 spiro atoms.